The molecule has 0 atom stereocenters. The number of hydrogen-bond donors (Lipinski definition) is 1. The molecule has 16 heteroatoms. The molecule has 150 valence electrons. The van der Waals surface area contributed by atoms with Crippen molar-refractivity contribution >= 4 is 20.0 Å². The lowest BCUT2D eigenvalue weighted by Gasteiger charge is -2.11. The number of aryl methyl sites for hydroxylation is 2. The van der Waals surface area contributed by atoms with E-state index in [9.17, 15) is 43.2 Å². The van der Waals surface area contributed by atoms with Crippen LogP contribution in [0, 0.1) is 11.3 Å². The van der Waals surface area contributed by atoms with Gasteiger partial charge in [0.2, 0.25) is 6.33 Å². The highest BCUT2D eigenvalue weighted by atomic mass is 32.3. The molecule has 0 unspecified atom stereocenters. The first kappa shape index (κ1) is 24.1. The van der Waals surface area contributed by atoms with E-state index in [1.807, 2.05) is 30.3 Å². The third-order valence-corrected chi connectivity index (χ3v) is 5.33. The fourth-order valence-corrected chi connectivity index (χ4v) is 3.12. The zero-order chi connectivity index (χ0) is 20.8. The summed E-state index contributed by atoms with van der Waals surface area (Å²) in [7, 11) is -11.2. The van der Waals surface area contributed by atoms with Gasteiger partial charge in [-0.25, -0.2) is 26.0 Å². The first-order valence-corrected chi connectivity index (χ1v) is 9.29. The third-order valence-electron chi connectivity index (χ3n) is 2.36. The first-order valence-electron chi connectivity index (χ1n) is 6.32. The van der Waals surface area contributed by atoms with Gasteiger partial charge in [-0.2, -0.15) is 31.6 Å². The van der Waals surface area contributed by atoms with Gasteiger partial charge >= 0.3 is 31.1 Å². The van der Waals surface area contributed by atoms with Crippen molar-refractivity contribution in [1.29, 1.82) is 5.26 Å². The maximum Gasteiger partial charge on any atom is 0.512 e. The van der Waals surface area contributed by atoms with Gasteiger partial charge in [-0.1, -0.05) is 4.13 Å². The van der Waals surface area contributed by atoms with Crippen molar-refractivity contribution in [3.05, 3.63) is 18.7 Å². The molecule has 0 aliphatic rings. The number of alkyl halides is 6. The molecule has 1 aromatic heterocycles. The molecule has 0 bridgehead atoms. The van der Waals surface area contributed by atoms with E-state index < -0.39 is 35.2 Å². The minimum absolute atomic E-state index is 0.493. The molecule has 1 heterocycles. The lowest BCUT2D eigenvalue weighted by Crippen LogP contribution is -2.45. The molecule has 0 aliphatic carbocycles. The second kappa shape index (κ2) is 8.68. The average molecular weight is 431 g/mol. The number of nitriles is 1. The fraction of sp³-hybridized carbons (Fsp3) is 0.600. The third kappa shape index (κ3) is 7.58. The summed E-state index contributed by atoms with van der Waals surface area (Å²) in [6.45, 7) is 0.939. The van der Waals surface area contributed by atoms with Gasteiger partial charge in [0.1, 0.15) is 12.4 Å². The summed E-state index contributed by atoms with van der Waals surface area (Å²) < 4.78 is 112. The van der Waals surface area contributed by atoms with Gasteiger partial charge in [-0.05, 0) is 6.42 Å². The molecule has 0 spiro atoms. The summed E-state index contributed by atoms with van der Waals surface area (Å²) in [5.74, 6) is 0. The molecule has 0 saturated heterocycles. The van der Waals surface area contributed by atoms with Crippen molar-refractivity contribution in [1.82, 2.24) is 8.69 Å². The molecule has 0 aliphatic heterocycles. The summed E-state index contributed by atoms with van der Waals surface area (Å²) in [6, 6.07) is 2.12. The van der Waals surface area contributed by atoms with Crippen LogP contribution in [0.15, 0.2) is 18.7 Å². The van der Waals surface area contributed by atoms with Gasteiger partial charge in [0.15, 0.2) is 0 Å². The summed E-state index contributed by atoms with van der Waals surface area (Å²) >= 11 is 0. The normalized spacial score (nSPS) is 12.8. The Morgan fingerprint density at radius 2 is 1.54 bits per heavy atom. The van der Waals surface area contributed by atoms with Crippen LogP contribution < -0.4 is 8.69 Å². The zero-order valence-corrected chi connectivity index (χ0v) is 14.5. The number of unbranched alkanes of at least 4 members (excludes halogenated alkanes) is 1. The largest absolute Gasteiger partial charge is 0.512 e. The minimum atomic E-state index is -6.60. The number of nitrogens with one attached hydrogen (secondary N) is 1. The summed E-state index contributed by atoms with van der Waals surface area (Å²) in [6.07, 6.45) is 7.59. The quantitative estimate of drug-likeness (QED) is 0.423. The Morgan fingerprint density at radius 1 is 1.08 bits per heavy atom. The predicted molar refractivity (Wildman–Crippen MR) is 73.5 cm³/mol. The van der Waals surface area contributed by atoms with E-state index in [1.165, 1.54) is 0 Å². The van der Waals surface area contributed by atoms with Gasteiger partial charge in [0.25, 0.3) is 0 Å². The average Bonchev–Trinajstić information content (AvgIpc) is 2.82. The van der Waals surface area contributed by atoms with Crippen LogP contribution in [0.2, 0.25) is 0 Å². The highest BCUT2D eigenvalue weighted by molar-refractivity contribution is 8.05. The molecule has 0 fully saturated rings. The molecule has 26 heavy (non-hydrogen) atoms. The molecule has 1 aromatic rings. The Balaban J connectivity index is 0.000000502. The van der Waals surface area contributed by atoms with Crippen LogP contribution in [-0.4, -0.2) is 32.4 Å². The van der Waals surface area contributed by atoms with Crippen LogP contribution in [0.4, 0.5) is 26.3 Å². The van der Waals surface area contributed by atoms with Crippen molar-refractivity contribution in [3.8, 4) is 6.07 Å². The number of nitrogens with zero attached hydrogens (tertiary/aromatic N) is 3. The molecular formula is C10H13F6N4O4S2+. The lowest BCUT2D eigenvalue weighted by atomic mass is 10.3. The van der Waals surface area contributed by atoms with Gasteiger partial charge in [0, 0.05) is 6.42 Å². The Labute approximate surface area is 144 Å². The lowest BCUT2D eigenvalue weighted by molar-refractivity contribution is -0.671. The number of halogens is 6. The van der Waals surface area contributed by atoms with Gasteiger partial charge < -0.3 is 0 Å². The number of rotatable bonds is 5. The number of hydrogen-bond acceptors (Lipinski definition) is 5. The monoisotopic (exact) mass is 431 g/mol. The predicted octanol–water partition coefficient (Wildman–Crippen LogP) is 0.892. The first-order chi connectivity index (χ1) is 11.5. The minimum Gasteiger partial charge on any atom is -0.240 e. The number of sulfonamides is 2. The van der Waals surface area contributed by atoms with Crippen LogP contribution in [0.3, 0.4) is 0 Å². The van der Waals surface area contributed by atoms with Crippen molar-refractivity contribution in [2.75, 3.05) is 0 Å². The van der Waals surface area contributed by atoms with Crippen LogP contribution in [0.5, 0.6) is 0 Å². The number of aromatic nitrogens is 2. The van der Waals surface area contributed by atoms with E-state index in [0.717, 1.165) is 13.0 Å². The van der Waals surface area contributed by atoms with E-state index in [4.69, 9.17) is 5.26 Å². The molecular weight excluding hydrogens is 418 g/mol. The van der Waals surface area contributed by atoms with Crippen molar-refractivity contribution in [2.24, 2.45) is 7.05 Å². The Bertz CT molecular complexity index is 794. The maximum atomic E-state index is 11.5. The Morgan fingerprint density at radius 3 is 1.85 bits per heavy atom. The summed E-state index contributed by atoms with van der Waals surface area (Å²) in [5, 5.41) is 8.29. The van der Waals surface area contributed by atoms with Gasteiger partial charge in [0.05, 0.1) is 19.7 Å². The second-order valence-corrected chi connectivity index (χ2v) is 8.17. The van der Waals surface area contributed by atoms with E-state index in [-0.39, 0.29) is 0 Å². The molecule has 0 aromatic carbocycles. The Kier molecular flexibility index (Phi) is 8.06. The van der Waals surface area contributed by atoms with Crippen molar-refractivity contribution < 1.29 is 47.7 Å². The topological polar surface area (TPSA) is 113 Å². The SMILES string of the molecule is C[n+]1ccn(CCCC#N)c1.O=S(=O)(NS(=O)(=O)C(F)(F)F)C(F)(F)F. The van der Waals surface area contributed by atoms with Crippen LogP contribution >= 0.6 is 0 Å². The maximum absolute atomic E-state index is 11.5. The van der Waals surface area contributed by atoms with E-state index >= 15 is 0 Å². The Hall–Kier alpha value is -1.86. The molecule has 0 radical (unpaired) electrons. The van der Waals surface area contributed by atoms with Crippen LogP contribution in [-0.2, 0) is 33.6 Å². The smallest absolute Gasteiger partial charge is 0.240 e. The fourth-order valence-electron chi connectivity index (χ4n) is 1.21. The van der Waals surface area contributed by atoms with Crippen molar-refractivity contribution in [3.63, 3.8) is 0 Å². The van der Waals surface area contributed by atoms with Crippen LogP contribution in [0.25, 0.3) is 0 Å². The van der Waals surface area contributed by atoms with Crippen LogP contribution in [0.1, 0.15) is 12.8 Å². The molecule has 1 rings (SSSR count). The standard InChI is InChI=1S/C8H12N3.C2HF6NO4S2/c1-10-6-7-11(8-10)5-3-2-4-9;3-1(4,5)14(10,11)9-15(12,13)2(6,7)8/h6-8H,2-3,5H2,1H3;9H/q+1;. The summed E-state index contributed by atoms with van der Waals surface area (Å²) in [4.78, 5) is 0. The summed E-state index contributed by atoms with van der Waals surface area (Å²) in [5.41, 5.74) is -12.3. The molecule has 0 amide bonds. The zero-order valence-electron chi connectivity index (χ0n) is 12.9. The van der Waals surface area contributed by atoms with E-state index in [2.05, 4.69) is 10.6 Å². The van der Waals surface area contributed by atoms with Crippen molar-refractivity contribution in [2.45, 2.75) is 30.4 Å². The number of imidazole rings is 1. The molecule has 1 N–H and O–H groups in total. The molecule has 0 saturated carbocycles. The van der Waals surface area contributed by atoms with E-state index in [0.29, 0.717) is 6.42 Å². The van der Waals surface area contributed by atoms with E-state index in [1.54, 1.807) is 0 Å². The van der Waals surface area contributed by atoms with Gasteiger partial charge in [-0.3, -0.25) is 0 Å². The second-order valence-electron chi connectivity index (χ2n) is 4.56. The molecule has 8 nitrogen and oxygen atoms in total. The highest BCUT2D eigenvalue weighted by Crippen LogP contribution is 2.27. The highest BCUT2D eigenvalue weighted by Gasteiger charge is 2.55. The van der Waals surface area contributed by atoms with Gasteiger partial charge in [-0.15, -0.1) is 0 Å².